The number of benzene rings is 3. The van der Waals surface area contributed by atoms with Crippen molar-refractivity contribution in [2.24, 2.45) is 0 Å². The van der Waals surface area contributed by atoms with Crippen molar-refractivity contribution < 1.29 is 23.5 Å². The van der Waals surface area contributed by atoms with Crippen LogP contribution in [-0.2, 0) is 9.53 Å². The predicted molar refractivity (Wildman–Crippen MR) is 129 cm³/mol. The number of halogens is 1. The summed E-state index contributed by atoms with van der Waals surface area (Å²) < 4.78 is 24.7. The first-order chi connectivity index (χ1) is 16.6. The van der Waals surface area contributed by atoms with Crippen molar-refractivity contribution in [1.29, 1.82) is 0 Å². The summed E-state index contributed by atoms with van der Waals surface area (Å²) in [5.74, 6) is -0.600. The first kappa shape index (κ1) is 21.9. The van der Waals surface area contributed by atoms with Gasteiger partial charge in [0.25, 0.3) is 0 Å². The fourth-order valence-electron chi connectivity index (χ4n) is 4.07. The van der Waals surface area contributed by atoms with Gasteiger partial charge in [0, 0.05) is 22.1 Å². The van der Waals surface area contributed by atoms with Crippen LogP contribution in [0, 0.1) is 5.82 Å². The zero-order chi connectivity index (χ0) is 23.7. The van der Waals surface area contributed by atoms with Crippen LogP contribution < -0.4 is 10.1 Å². The Morgan fingerprint density at radius 2 is 1.59 bits per heavy atom. The number of thiophene rings is 1. The number of para-hydroxylation sites is 2. The maximum atomic E-state index is 13.7. The molecule has 170 valence electrons. The lowest BCUT2D eigenvalue weighted by molar-refractivity contribution is -0.116. The summed E-state index contributed by atoms with van der Waals surface area (Å²) in [6.07, 6.45) is 0. The molecule has 0 bridgehead atoms. The summed E-state index contributed by atoms with van der Waals surface area (Å²) in [5, 5.41) is 5.10. The molecule has 0 fully saturated rings. The third kappa shape index (κ3) is 3.95. The van der Waals surface area contributed by atoms with Crippen LogP contribution in [0.5, 0.6) is 11.5 Å². The van der Waals surface area contributed by atoms with E-state index in [2.05, 4.69) is 5.32 Å². The Labute approximate surface area is 199 Å². The van der Waals surface area contributed by atoms with E-state index < -0.39 is 11.9 Å². The van der Waals surface area contributed by atoms with Gasteiger partial charge >= 0.3 is 5.97 Å². The van der Waals surface area contributed by atoms with Crippen molar-refractivity contribution in [3.63, 3.8) is 0 Å². The van der Waals surface area contributed by atoms with Crippen LogP contribution in [0.3, 0.4) is 0 Å². The van der Waals surface area contributed by atoms with E-state index in [0.29, 0.717) is 27.6 Å². The molecule has 4 aromatic rings. The highest BCUT2D eigenvalue weighted by Gasteiger charge is 2.34. The number of carbonyl (C=O) groups is 2. The van der Waals surface area contributed by atoms with Gasteiger partial charge in [-0.05, 0) is 36.8 Å². The standard InChI is InChI=1S/C27H20FNO4S/c1-2-32-27(31)24-20(16-11-13-17(28)14-12-16)15-34-26(24)29-25(30)23-18-7-3-5-9-21(18)33-22-10-6-4-8-19(22)23/h3-15,23H,2H2,1H3,(H,29,30). The van der Waals surface area contributed by atoms with Gasteiger partial charge in [-0.2, -0.15) is 0 Å². The number of ether oxygens (including phenoxy) is 2. The summed E-state index contributed by atoms with van der Waals surface area (Å²) >= 11 is 1.23. The quantitative estimate of drug-likeness (QED) is 0.331. The maximum Gasteiger partial charge on any atom is 0.341 e. The van der Waals surface area contributed by atoms with E-state index in [1.807, 2.05) is 48.5 Å². The Morgan fingerprint density at radius 3 is 2.21 bits per heavy atom. The minimum Gasteiger partial charge on any atom is -0.462 e. The molecule has 0 unspecified atom stereocenters. The van der Waals surface area contributed by atoms with Crippen molar-refractivity contribution in [2.45, 2.75) is 12.8 Å². The molecule has 1 N–H and O–H groups in total. The van der Waals surface area contributed by atoms with Crippen LogP contribution in [0.1, 0.15) is 34.3 Å². The molecule has 1 aliphatic heterocycles. The molecule has 7 heteroatoms. The molecule has 0 saturated carbocycles. The molecule has 1 aromatic heterocycles. The van der Waals surface area contributed by atoms with Crippen LogP contribution in [0.15, 0.2) is 78.2 Å². The number of esters is 1. The maximum absolute atomic E-state index is 13.7. The molecular formula is C27H20FNO4S. The van der Waals surface area contributed by atoms with E-state index in [1.165, 1.54) is 23.5 Å². The number of rotatable bonds is 5. The second kappa shape index (κ2) is 9.11. The fourth-order valence-corrected chi connectivity index (χ4v) is 5.03. The molecular weight excluding hydrogens is 453 g/mol. The number of hydrogen-bond acceptors (Lipinski definition) is 5. The lowest BCUT2D eigenvalue weighted by Crippen LogP contribution is -2.25. The molecule has 0 aliphatic carbocycles. The molecule has 3 aromatic carbocycles. The zero-order valence-electron chi connectivity index (χ0n) is 18.2. The Morgan fingerprint density at radius 1 is 0.971 bits per heavy atom. The third-order valence-corrected chi connectivity index (χ3v) is 6.50. The van der Waals surface area contributed by atoms with Gasteiger partial charge in [0.2, 0.25) is 5.91 Å². The normalized spacial score (nSPS) is 12.3. The molecule has 1 aliphatic rings. The SMILES string of the molecule is CCOC(=O)c1c(-c2ccc(F)cc2)csc1NC(=O)C1c2ccccc2Oc2ccccc21. The summed E-state index contributed by atoms with van der Waals surface area (Å²) in [5.41, 5.74) is 2.97. The largest absolute Gasteiger partial charge is 0.462 e. The molecule has 5 rings (SSSR count). The van der Waals surface area contributed by atoms with Gasteiger partial charge in [0.15, 0.2) is 0 Å². The molecule has 34 heavy (non-hydrogen) atoms. The van der Waals surface area contributed by atoms with Crippen LogP contribution in [-0.4, -0.2) is 18.5 Å². The number of fused-ring (bicyclic) bond motifs is 2. The van der Waals surface area contributed by atoms with E-state index in [9.17, 15) is 14.0 Å². The van der Waals surface area contributed by atoms with Gasteiger partial charge in [-0.25, -0.2) is 9.18 Å². The minimum absolute atomic E-state index is 0.186. The highest BCUT2D eigenvalue weighted by atomic mass is 32.1. The smallest absolute Gasteiger partial charge is 0.341 e. The average Bonchev–Trinajstić information content (AvgIpc) is 3.26. The number of amides is 1. The number of nitrogens with one attached hydrogen (secondary N) is 1. The van der Waals surface area contributed by atoms with Crippen molar-refractivity contribution in [2.75, 3.05) is 11.9 Å². The Kier molecular flexibility index (Phi) is 5.86. The average molecular weight is 474 g/mol. The Balaban J connectivity index is 1.55. The molecule has 1 amide bonds. The fraction of sp³-hybridized carbons (Fsp3) is 0.111. The van der Waals surface area contributed by atoms with Crippen LogP contribution in [0.25, 0.3) is 11.1 Å². The van der Waals surface area contributed by atoms with E-state index in [1.54, 1.807) is 24.4 Å². The van der Waals surface area contributed by atoms with Gasteiger partial charge in [-0.3, -0.25) is 4.79 Å². The van der Waals surface area contributed by atoms with Crippen LogP contribution in [0.4, 0.5) is 9.39 Å². The van der Waals surface area contributed by atoms with Gasteiger partial charge < -0.3 is 14.8 Å². The lowest BCUT2D eigenvalue weighted by Gasteiger charge is -2.27. The molecule has 0 spiro atoms. The third-order valence-electron chi connectivity index (χ3n) is 5.60. The van der Waals surface area contributed by atoms with Gasteiger partial charge in [-0.15, -0.1) is 11.3 Å². The predicted octanol–water partition coefficient (Wildman–Crippen LogP) is 6.61. The zero-order valence-corrected chi connectivity index (χ0v) is 19.0. The highest BCUT2D eigenvalue weighted by molar-refractivity contribution is 7.15. The van der Waals surface area contributed by atoms with Gasteiger partial charge in [0.05, 0.1) is 12.5 Å². The van der Waals surface area contributed by atoms with Crippen molar-refractivity contribution in [1.82, 2.24) is 0 Å². The van der Waals surface area contributed by atoms with E-state index in [0.717, 1.165) is 11.1 Å². The van der Waals surface area contributed by atoms with E-state index >= 15 is 0 Å². The topological polar surface area (TPSA) is 64.6 Å². The molecule has 2 heterocycles. The number of hydrogen-bond donors (Lipinski definition) is 1. The second-order valence-electron chi connectivity index (χ2n) is 7.68. The summed E-state index contributed by atoms with van der Waals surface area (Å²) in [4.78, 5) is 26.5. The summed E-state index contributed by atoms with van der Waals surface area (Å²) in [7, 11) is 0. The highest BCUT2D eigenvalue weighted by Crippen LogP contribution is 2.45. The van der Waals surface area contributed by atoms with Gasteiger partial charge in [0.1, 0.15) is 27.9 Å². The van der Waals surface area contributed by atoms with Gasteiger partial charge in [-0.1, -0.05) is 48.5 Å². The van der Waals surface area contributed by atoms with Crippen LogP contribution in [0.2, 0.25) is 0 Å². The number of anilines is 1. The molecule has 5 nitrogen and oxygen atoms in total. The van der Waals surface area contributed by atoms with Crippen LogP contribution >= 0.6 is 11.3 Å². The molecule has 0 saturated heterocycles. The van der Waals surface area contributed by atoms with E-state index in [-0.39, 0.29) is 23.9 Å². The summed E-state index contributed by atoms with van der Waals surface area (Å²) in [6.45, 7) is 1.90. The van der Waals surface area contributed by atoms with E-state index in [4.69, 9.17) is 9.47 Å². The van der Waals surface area contributed by atoms with Crippen molar-refractivity contribution in [3.8, 4) is 22.6 Å². The number of carbonyl (C=O) groups excluding carboxylic acids is 2. The first-order valence-corrected chi connectivity index (χ1v) is 11.7. The summed E-state index contributed by atoms with van der Waals surface area (Å²) in [6, 6.07) is 20.7. The lowest BCUT2D eigenvalue weighted by atomic mass is 9.87. The molecule has 0 radical (unpaired) electrons. The molecule has 0 atom stereocenters. The minimum atomic E-state index is -0.618. The second-order valence-corrected chi connectivity index (χ2v) is 8.56. The van der Waals surface area contributed by atoms with Crippen molar-refractivity contribution in [3.05, 3.63) is 101 Å². The van der Waals surface area contributed by atoms with Crippen molar-refractivity contribution >= 4 is 28.2 Å². The Bertz CT molecular complexity index is 1330. The first-order valence-electron chi connectivity index (χ1n) is 10.8. The Hall–Kier alpha value is -3.97. The monoisotopic (exact) mass is 473 g/mol.